The van der Waals surface area contributed by atoms with Gasteiger partial charge in [0.05, 0.1) is 12.2 Å². The molecule has 1 aliphatic rings. The Morgan fingerprint density at radius 3 is 2.08 bits per heavy atom. The molecule has 0 N–H and O–H groups in total. The Balaban J connectivity index is 1.95. The summed E-state index contributed by atoms with van der Waals surface area (Å²) in [4.78, 5) is 39.6. The van der Waals surface area contributed by atoms with Gasteiger partial charge in [0, 0.05) is 0 Å². The van der Waals surface area contributed by atoms with Crippen molar-refractivity contribution in [3.8, 4) is 0 Å². The van der Waals surface area contributed by atoms with Crippen molar-refractivity contribution in [2.45, 2.75) is 34.2 Å². The summed E-state index contributed by atoms with van der Waals surface area (Å²) in [5, 5.41) is 0. The summed E-state index contributed by atoms with van der Waals surface area (Å²) < 4.78 is 0. The second kappa shape index (κ2) is 6.16. The topological polar surface area (TPSA) is 57.7 Å². The maximum atomic E-state index is 12.8. The quantitative estimate of drug-likeness (QED) is 0.637. The number of hydrogen-bond donors (Lipinski definition) is 0. The fraction of sp³-hybridized carbons (Fsp3) is 0.250. The number of hydrogen-bond acceptors (Lipinski definition) is 3. The van der Waals surface area contributed by atoms with E-state index in [1.807, 2.05) is 58.0 Å². The molecule has 0 saturated carbocycles. The summed E-state index contributed by atoms with van der Waals surface area (Å²) in [6, 6.07) is 10.7. The summed E-state index contributed by atoms with van der Waals surface area (Å²) in [6.07, 6.45) is 0. The number of urea groups is 1. The lowest BCUT2D eigenvalue weighted by Crippen LogP contribution is -2.33. The number of nitrogens with zero attached hydrogens (tertiary/aromatic N) is 2. The molecule has 5 heteroatoms. The summed E-state index contributed by atoms with van der Waals surface area (Å²) in [6.45, 7) is 7.72. The predicted octanol–water partition coefficient (Wildman–Crippen LogP) is 3.42. The normalized spacial score (nSPS) is 14.6. The van der Waals surface area contributed by atoms with Gasteiger partial charge in [-0.05, 0) is 50.5 Å². The van der Waals surface area contributed by atoms with Crippen LogP contribution in [0.25, 0.3) is 0 Å². The summed E-state index contributed by atoms with van der Waals surface area (Å²) in [5.74, 6) is -1.59. The van der Waals surface area contributed by atoms with Crippen LogP contribution in [-0.2, 0) is 16.1 Å². The first-order chi connectivity index (χ1) is 11.8. The van der Waals surface area contributed by atoms with Crippen molar-refractivity contribution >= 4 is 23.5 Å². The Morgan fingerprint density at radius 1 is 0.760 bits per heavy atom. The van der Waals surface area contributed by atoms with Crippen molar-refractivity contribution < 1.29 is 14.4 Å². The van der Waals surface area contributed by atoms with Crippen molar-refractivity contribution in [2.75, 3.05) is 4.90 Å². The Hall–Kier alpha value is -2.95. The molecule has 1 fully saturated rings. The number of aryl methyl sites for hydroxylation is 4. The molecule has 0 aliphatic carbocycles. The van der Waals surface area contributed by atoms with Crippen LogP contribution in [0.4, 0.5) is 10.5 Å². The molecule has 0 spiro atoms. The minimum Gasteiger partial charge on any atom is -0.263 e. The molecule has 0 atom stereocenters. The molecule has 0 bridgehead atoms. The van der Waals surface area contributed by atoms with Gasteiger partial charge in [-0.15, -0.1) is 0 Å². The van der Waals surface area contributed by atoms with Gasteiger partial charge in [-0.3, -0.25) is 14.5 Å². The highest BCUT2D eigenvalue weighted by Crippen LogP contribution is 2.28. The number of benzene rings is 2. The predicted molar refractivity (Wildman–Crippen MR) is 95.3 cm³/mol. The molecule has 5 nitrogen and oxygen atoms in total. The molecule has 128 valence electrons. The molecule has 0 radical (unpaired) electrons. The van der Waals surface area contributed by atoms with Crippen LogP contribution in [-0.4, -0.2) is 22.7 Å². The van der Waals surface area contributed by atoms with Crippen LogP contribution in [0.3, 0.4) is 0 Å². The van der Waals surface area contributed by atoms with Gasteiger partial charge in [-0.2, -0.15) is 0 Å². The highest BCUT2D eigenvalue weighted by Gasteiger charge is 2.45. The molecule has 1 saturated heterocycles. The number of carbonyl (C=O) groups is 3. The first kappa shape index (κ1) is 16.9. The molecule has 1 heterocycles. The summed E-state index contributed by atoms with van der Waals surface area (Å²) >= 11 is 0. The number of carbonyl (C=O) groups excluding carboxylic acids is 3. The fourth-order valence-electron chi connectivity index (χ4n) is 3.05. The molecule has 1 aliphatic heterocycles. The minimum atomic E-state index is -0.803. The van der Waals surface area contributed by atoms with Crippen LogP contribution in [0.2, 0.25) is 0 Å². The second-order valence-corrected chi connectivity index (χ2v) is 6.53. The number of imide groups is 2. The molecule has 0 aromatic heterocycles. The first-order valence-electron chi connectivity index (χ1n) is 8.13. The largest absolute Gasteiger partial charge is 0.339 e. The maximum Gasteiger partial charge on any atom is 0.339 e. The van der Waals surface area contributed by atoms with Gasteiger partial charge in [-0.1, -0.05) is 41.5 Å². The first-order valence-corrected chi connectivity index (χ1v) is 8.13. The van der Waals surface area contributed by atoms with Crippen LogP contribution in [0.15, 0.2) is 36.4 Å². The Labute approximate surface area is 146 Å². The third-order valence-electron chi connectivity index (χ3n) is 4.48. The number of amides is 4. The minimum absolute atomic E-state index is 0.0956. The number of rotatable bonds is 3. The maximum absolute atomic E-state index is 12.8. The van der Waals surface area contributed by atoms with E-state index in [4.69, 9.17) is 0 Å². The second-order valence-electron chi connectivity index (χ2n) is 6.53. The zero-order valence-corrected chi connectivity index (χ0v) is 14.8. The van der Waals surface area contributed by atoms with Gasteiger partial charge in [0.2, 0.25) is 0 Å². The van der Waals surface area contributed by atoms with Crippen LogP contribution in [0.5, 0.6) is 0 Å². The average molecular weight is 336 g/mol. The Morgan fingerprint density at radius 2 is 1.40 bits per heavy atom. The van der Waals surface area contributed by atoms with E-state index in [2.05, 4.69) is 0 Å². The number of anilines is 1. The molecular formula is C20H20N2O3. The smallest absolute Gasteiger partial charge is 0.263 e. The SMILES string of the molecule is Cc1ccc(N2C(=O)C(=O)N(Cc3cc(C)ccc3C)C2=O)c(C)c1. The Bertz CT molecular complexity index is 902. The third kappa shape index (κ3) is 2.93. The van der Waals surface area contributed by atoms with E-state index in [0.29, 0.717) is 5.69 Å². The lowest BCUT2D eigenvalue weighted by atomic mass is 10.1. The molecule has 3 rings (SSSR count). The van der Waals surface area contributed by atoms with E-state index in [9.17, 15) is 14.4 Å². The van der Waals surface area contributed by atoms with E-state index in [0.717, 1.165) is 37.6 Å². The van der Waals surface area contributed by atoms with E-state index in [1.54, 1.807) is 6.07 Å². The van der Waals surface area contributed by atoms with Crippen LogP contribution < -0.4 is 4.90 Å². The van der Waals surface area contributed by atoms with E-state index >= 15 is 0 Å². The average Bonchev–Trinajstić information content (AvgIpc) is 2.75. The van der Waals surface area contributed by atoms with E-state index in [1.165, 1.54) is 0 Å². The van der Waals surface area contributed by atoms with Gasteiger partial charge >= 0.3 is 17.8 Å². The van der Waals surface area contributed by atoms with E-state index in [-0.39, 0.29) is 6.54 Å². The highest BCUT2D eigenvalue weighted by atomic mass is 16.2. The summed E-state index contributed by atoms with van der Waals surface area (Å²) in [5.41, 5.74) is 5.14. The Kier molecular flexibility index (Phi) is 4.17. The zero-order valence-electron chi connectivity index (χ0n) is 14.8. The van der Waals surface area contributed by atoms with Gasteiger partial charge in [-0.25, -0.2) is 9.69 Å². The van der Waals surface area contributed by atoms with Crippen LogP contribution in [0.1, 0.15) is 27.8 Å². The third-order valence-corrected chi connectivity index (χ3v) is 4.48. The molecule has 2 aromatic rings. The standard InChI is InChI=1S/C20H20N2O3/c1-12-6-8-17(15(4)9-12)22-19(24)18(23)21(20(22)25)11-16-10-13(2)5-7-14(16)3/h5-10H,11H2,1-4H3. The lowest BCUT2D eigenvalue weighted by Gasteiger charge is -2.18. The highest BCUT2D eigenvalue weighted by molar-refractivity contribution is 6.52. The van der Waals surface area contributed by atoms with Crippen molar-refractivity contribution in [1.29, 1.82) is 0 Å². The molecule has 2 aromatic carbocycles. The molecular weight excluding hydrogens is 316 g/mol. The van der Waals surface area contributed by atoms with Crippen molar-refractivity contribution in [2.24, 2.45) is 0 Å². The van der Waals surface area contributed by atoms with E-state index < -0.39 is 17.8 Å². The zero-order chi connectivity index (χ0) is 18.3. The van der Waals surface area contributed by atoms with Gasteiger partial charge in [0.1, 0.15) is 0 Å². The van der Waals surface area contributed by atoms with Crippen LogP contribution >= 0.6 is 0 Å². The molecule has 4 amide bonds. The van der Waals surface area contributed by atoms with Crippen molar-refractivity contribution in [3.63, 3.8) is 0 Å². The van der Waals surface area contributed by atoms with Crippen LogP contribution in [0, 0.1) is 27.7 Å². The summed E-state index contributed by atoms with van der Waals surface area (Å²) in [7, 11) is 0. The van der Waals surface area contributed by atoms with Gasteiger partial charge in [0.25, 0.3) is 0 Å². The molecule has 0 unspecified atom stereocenters. The molecule has 25 heavy (non-hydrogen) atoms. The van der Waals surface area contributed by atoms with Gasteiger partial charge < -0.3 is 0 Å². The van der Waals surface area contributed by atoms with Crippen molar-refractivity contribution in [1.82, 2.24) is 4.90 Å². The monoisotopic (exact) mass is 336 g/mol. The van der Waals surface area contributed by atoms with Crippen molar-refractivity contribution in [3.05, 3.63) is 64.2 Å². The fourth-order valence-corrected chi connectivity index (χ4v) is 3.05. The lowest BCUT2D eigenvalue weighted by molar-refractivity contribution is -0.139. The van der Waals surface area contributed by atoms with Gasteiger partial charge in [0.15, 0.2) is 0 Å².